The maximum absolute atomic E-state index is 12.9. The summed E-state index contributed by atoms with van der Waals surface area (Å²) in [7, 11) is 1.64. The molecule has 5 heteroatoms. The van der Waals surface area contributed by atoms with Gasteiger partial charge in [-0.25, -0.2) is 4.39 Å². The molecule has 0 spiro atoms. The van der Waals surface area contributed by atoms with Crippen molar-refractivity contribution < 1.29 is 13.7 Å². The summed E-state index contributed by atoms with van der Waals surface area (Å²) in [5.41, 5.74) is 1.91. The molecule has 0 N–H and O–H groups in total. The van der Waals surface area contributed by atoms with Crippen LogP contribution in [-0.4, -0.2) is 17.3 Å². The van der Waals surface area contributed by atoms with E-state index in [-0.39, 0.29) is 5.82 Å². The van der Waals surface area contributed by atoms with Gasteiger partial charge >= 0.3 is 0 Å². The molecule has 0 aliphatic rings. The molecule has 0 aliphatic heterocycles. The van der Waals surface area contributed by atoms with Crippen LogP contribution in [-0.2, 0) is 12.8 Å². The Morgan fingerprint density at radius 3 is 2.41 bits per heavy atom. The molecule has 0 fully saturated rings. The van der Waals surface area contributed by atoms with Crippen LogP contribution in [0.5, 0.6) is 5.75 Å². The van der Waals surface area contributed by atoms with Crippen LogP contribution in [0, 0.1) is 5.82 Å². The molecule has 2 aromatic carbocycles. The average Bonchev–Trinajstić information content (AvgIpc) is 3.03. The van der Waals surface area contributed by atoms with Crippen LogP contribution in [0.25, 0.3) is 11.4 Å². The van der Waals surface area contributed by atoms with Crippen LogP contribution in [0.1, 0.15) is 11.5 Å². The molecule has 0 saturated heterocycles. The molecule has 112 valence electrons. The Bertz CT molecular complexity index is 736. The van der Waals surface area contributed by atoms with Crippen molar-refractivity contribution in [1.29, 1.82) is 0 Å². The second-order valence-electron chi connectivity index (χ2n) is 4.87. The SMILES string of the molecule is COc1ccc(CCc2nc(-c3ccc(F)cc3)no2)cc1. The first-order chi connectivity index (χ1) is 10.7. The van der Waals surface area contributed by atoms with Crippen LogP contribution >= 0.6 is 0 Å². The lowest BCUT2D eigenvalue weighted by Crippen LogP contribution is -1.92. The van der Waals surface area contributed by atoms with Gasteiger partial charge < -0.3 is 9.26 Å². The highest BCUT2D eigenvalue weighted by Crippen LogP contribution is 2.17. The number of benzene rings is 2. The number of methoxy groups -OCH3 is 1. The molecule has 4 nitrogen and oxygen atoms in total. The molecule has 0 amide bonds. The largest absolute Gasteiger partial charge is 0.497 e. The minimum absolute atomic E-state index is 0.285. The highest BCUT2D eigenvalue weighted by atomic mass is 19.1. The minimum atomic E-state index is -0.285. The second-order valence-corrected chi connectivity index (χ2v) is 4.87. The maximum atomic E-state index is 12.9. The van der Waals surface area contributed by atoms with E-state index in [1.807, 2.05) is 24.3 Å². The Morgan fingerprint density at radius 2 is 1.73 bits per heavy atom. The molecule has 3 rings (SSSR count). The summed E-state index contributed by atoms with van der Waals surface area (Å²) in [6.45, 7) is 0. The smallest absolute Gasteiger partial charge is 0.227 e. The van der Waals surface area contributed by atoms with Gasteiger partial charge in [-0.2, -0.15) is 4.98 Å². The zero-order valence-corrected chi connectivity index (χ0v) is 12.1. The fourth-order valence-electron chi connectivity index (χ4n) is 2.12. The van der Waals surface area contributed by atoms with E-state index in [0.717, 1.165) is 17.7 Å². The zero-order chi connectivity index (χ0) is 15.4. The van der Waals surface area contributed by atoms with E-state index in [4.69, 9.17) is 9.26 Å². The molecule has 0 saturated carbocycles. The van der Waals surface area contributed by atoms with Gasteiger partial charge in [-0.3, -0.25) is 0 Å². The summed E-state index contributed by atoms with van der Waals surface area (Å²) in [5, 5.41) is 3.93. The topological polar surface area (TPSA) is 48.2 Å². The molecule has 0 unspecified atom stereocenters. The monoisotopic (exact) mass is 298 g/mol. The average molecular weight is 298 g/mol. The van der Waals surface area contributed by atoms with E-state index < -0.39 is 0 Å². The van der Waals surface area contributed by atoms with Gasteiger partial charge in [0.25, 0.3) is 0 Å². The van der Waals surface area contributed by atoms with Crippen molar-refractivity contribution in [1.82, 2.24) is 10.1 Å². The predicted octanol–water partition coefficient (Wildman–Crippen LogP) is 3.67. The summed E-state index contributed by atoms with van der Waals surface area (Å²) < 4.78 is 23.3. The third-order valence-electron chi connectivity index (χ3n) is 3.36. The fraction of sp³-hybridized carbons (Fsp3) is 0.176. The van der Waals surface area contributed by atoms with Crippen molar-refractivity contribution in [3.63, 3.8) is 0 Å². The number of aryl methyl sites for hydroxylation is 2. The van der Waals surface area contributed by atoms with Crippen LogP contribution in [0.4, 0.5) is 4.39 Å². The highest BCUT2D eigenvalue weighted by Gasteiger charge is 2.09. The van der Waals surface area contributed by atoms with Crippen LogP contribution in [0.2, 0.25) is 0 Å². The Hall–Kier alpha value is -2.69. The molecular weight excluding hydrogens is 283 g/mol. The Labute approximate surface area is 127 Å². The molecule has 1 heterocycles. The molecule has 0 radical (unpaired) electrons. The summed E-state index contributed by atoms with van der Waals surface area (Å²) >= 11 is 0. The maximum Gasteiger partial charge on any atom is 0.227 e. The van der Waals surface area contributed by atoms with Crippen molar-refractivity contribution in [2.45, 2.75) is 12.8 Å². The molecule has 3 aromatic rings. The molecule has 0 aliphatic carbocycles. The summed E-state index contributed by atoms with van der Waals surface area (Å²) in [5.74, 6) is 1.59. The molecule has 0 atom stereocenters. The van der Waals surface area contributed by atoms with Crippen molar-refractivity contribution in [3.05, 3.63) is 65.8 Å². The number of hydrogen-bond acceptors (Lipinski definition) is 4. The third kappa shape index (κ3) is 3.31. The first-order valence-electron chi connectivity index (χ1n) is 6.96. The summed E-state index contributed by atoms with van der Waals surface area (Å²) in [6, 6.07) is 13.9. The highest BCUT2D eigenvalue weighted by molar-refractivity contribution is 5.53. The van der Waals surface area contributed by atoms with Gasteiger partial charge in [0.05, 0.1) is 7.11 Å². The van der Waals surface area contributed by atoms with Gasteiger partial charge in [0.1, 0.15) is 11.6 Å². The molecular formula is C17H15FN2O2. The lowest BCUT2D eigenvalue weighted by molar-refractivity contribution is 0.379. The van der Waals surface area contributed by atoms with Gasteiger partial charge in [0.15, 0.2) is 0 Å². The minimum Gasteiger partial charge on any atom is -0.497 e. The number of aromatic nitrogens is 2. The summed E-state index contributed by atoms with van der Waals surface area (Å²) in [4.78, 5) is 4.33. The zero-order valence-electron chi connectivity index (χ0n) is 12.1. The van der Waals surface area contributed by atoms with Gasteiger partial charge in [-0.1, -0.05) is 17.3 Å². The molecule has 0 bridgehead atoms. The van der Waals surface area contributed by atoms with Gasteiger partial charge in [-0.05, 0) is 48.4 Å². The number of halogens is 1. The van der Waals surface area contributed by atoms with Crippen LogP contribution in [0.15, 0.2) is 53.1 Å². The third-order valence-corrected chi connectivity index (χ3v) is 3.36. The van der Waals surface area contributed by atoms with Gasteiger partial charge in [0.2, 0.25) is 11.7 Å². The molecule has 22 heavy (non-hydrogen) atoms. The lowest BCUT2D eigenvalue weighted by Gasteiger charge is -2.01. The first kappa shape index (κ1) is 14.3. The number of hydrogen-bond donors (Lipinski definition) is 0. The van der Waals surface area contributed by atoms with Gasteiger partial charge in [-0.15, -0.1) is 0 Å². The van der Waals surface area contributed by atoms with Crippen molar-refractivity contribution in [2.24, 2.45) is 0 Å². The number of rotatable bonds is 5. The predicted molar refractivity (Wildman–Crippen MR) is 80.1 cm³/mol. The van der Waals surface area contributed by atoms with Crippen molar-refractivity contribution >= 4 is 0 Å². The quantitative estimate of drug-likeness (QED) is 0.721. The summed E-state index contributed by atoms with van der Waals surface area (Å²) in [6.07, 6.45) is 1.45. The Balaban J connectivity index is 1.65. The van der Waals surface area contributed by atoms with E-state index in [1.165, 1.54) is 17.7 Å². The number of nitrogens with zero attached hydrogens (tertiary/aromatic N) is 2. The normalized spacial score (nSPS) is 10.6. The molecule has 1 aromatic heterocycles. The van der Waals surface area contributed by atoms with Crippen molar-refractivity contribution in [3.8, 4) is 17.1 Å². The Morgan fingerprint density at radius 1 is 1.00 bits per heavy atom. The number of ether oxygens (including phenoxy) is 1. The second kappa shape index (κ2) is 6.39. The fourth-order valence-corrected chi connectivity index (χ4v) is 2.12. The van der Waals surface area contributed by atoms with E-state index in [1.54, 1.807) is 19.2 Å². The Kier molecular flexibility index (Phi) is 4.14. The van der Waals surface area contributed by atoms with Gasteiger partial charge in [0, 0.05) is 12.0 Å². The lowest BCUT2D eigenvalue weighted by atomic mass is 10.1. The standard InChI is InChI=1S/C17H15FN2O2/c1-21-15-9-2-12(3-10-15)4-11-16-19-17(20-22-16)13-5-7-14(18)8-6-13/h2-3,5-10H,4,11H2,1H3. The van der Waals surface area contributed by atoms with Crippen LogP contribution < -0.4 is 4.74 Å². The van der Waals surface area contributed by atoms with E-state index in [9.17, 15) is 4.39 Å². The van der Waals surface area contributed by atoms with Crippen LogP contribution in [0.3, 0.4) is 0 Å². The van der Waals surface area contributed by atoms with E-state index in [0.29, 0.717) is 18.1 Å². The van der Waals surface area contributed by atoms with E-state index in [2.05, 4.69) is 10.1 Å². The first-order valence-corrected chi connectivity index (χ1v) is 6.96. The van der Waals surface area contributed by atoms with Crippen molar-refractivity contribution in [2.75, 3.05) is 7.11 Å². The van der Waals surface area contributed by atoms with E-state index >= 15 is 0 Å².